The summed E-state index contributed by atoms with van der Waals surface area (Å²) >= 11 is 10.5. The predicted molar refractivity (Wildman–Crippen MR) is 57.3 cm³/mol. The zero-order valence-corrected chi connectivity index (χ0v) is 13.2. The Hall–Kier alpha value is 1.88. The molecule has 5 heteroatoms. The van der Waals surface area contributed by atoms with E-state index in [-0.39, 0.29) is 17.0 Å². The Morgan fingerprint density at radius 2 is 1.45 bits per heavy atom. The Morgan fingerprint density at radius 1 is 1.09 bits per heavy atom. The second-order valence-electron chi connectivity index (χ2n) is 3.32. The summed E-state index contributed by atoms with van der Waals surface area (Å²) in [5.74, 6) is 0. The van der Waals surface area contributed by atoms with Crippen molar-refractivity contribution in [3.63, 3.8) is 0 Å². The molecule has 0 aromatic carbocycles. The lowest BCUT2D eigenvalue weighted by Crippen LogP contribution is -3.00. The van der Waals surface area contributed by atoms with Crippen LogP contribution in [0.25, 0.3) is 0 Å². The minimum absolute atomic E-state index is 0. The van der Waals surface area contributed by atoms with Crippen molar-refractivity contribution in [2.75, 3.05) is 27.7 Å². The number of hydrogen-bond donors (Lipinski definition) is 0. The molecule has 0 aliphatic rings. The van der Waals surface area contributed by atoms with E-state index in [1.165, 1.54) is 0 Å². The summed E-state index contributed by atoms with van der Waals surface area (Å²) in [5, 5.41) is 0. The molecule has 0 N–H and O–H groups in total. The fourth-order valence-electron chi connectivity index (χ4n) is 0.603. The van der Waals surface area contributed by atoms with Gasteiger partial charge in [0.25, 0.3) is 0 Å². The summed E-state index contributed by atoms with van der Waals surface area (Å²) < 4.78 is 1.33. The van der Waals surface area contributed by atoms with Gasteiger partial charge in [-0.2, -0.15) is 0 Å². The Labute approximate surface area is 105 Å². The Kier molecular flexibility index (Phi) is 8.87. The van der Waals surface area contributed by atoms with Crippen molar-refractivity contribution in [3.8, 4) is 0 Å². The van der Waals surface area contributed by atoms with Crippen LogP contribution in [0.15, 0.2) is 0 Å². The maximum absolute atomic E-state index is 3.57. The van der Waals surface area contributed by atoms with Crippen molar-refractivity contribution in [3.05, 3.63) is 0 Å². The maximum atomic E-state index is 3.57. The number of hydrogen-bond acceptors (Lipinski definition) is 0. The largest absolute Gasteiger partial charge is 1.00 e. The average molecular weight is 419 g/mol. The van der Waals surface area contributed by atoms with Crippen LogP contribution >= 0.6 is 47.8 Å². The molecule has 1 nitrogen and oxygen atoms in total. The van der Waals surface area contributed by atoms with Crippen LogP contribution in [0.3, 0.4) is 0 Å². The molecule has 0 spiro atoms. The van der Waals surface area contributed by atoms with Crippen LogP contribution in [0, 0.1) is 0 Å². The van der Waals surface area contributed by atoms with E-state index in [1.807, 2.05) is 0 Å². The van der Waals surface area contributed by atoms with Gasteiger partial charge in [0.1, 0.15) is 0 Å². The molecule has 0 fully saturated rings. The lowest BCUT2D eigenvalue weighted by molar-refractivity contribution is -0.869. The molecule has 0 radical (unpaired) electrons. The third-order valence-electron chi connectivity index (χ3n) is 0.996. The highest BCUT2D eigenvalue weighted by molar-refractivity contribution is 9.25. The molecule has 0 saturated heterocycles. The number of halogens is 4. The monoisotopic (exact) mass is 415 g/mol. The lowest BCUT2D eigenvalue weighted by atomic mass is 10.4. The molecule has 0 rings (SSSR count). The van der Waals surface area contributed by atoms with Gasteiger partial charge in [0.05, 0.1) is 36.3 Å². The molecule has 70 valence electrons. The standard InChI is InChI=1S/C6H13Br3N.BrH/c1-10(2,3)4-5(7)6(8)9;/h5-6H,4H2,1-3H3;1H/q+1;/p-1. The summed E-state index contributed by atoms with van der Waals surface area (Å²) in [5.41, 5.74) is 0. The Balaban J connectivity index is 0. The molecule has 11 heavy (non-hydrogen) atoms. The van der Waals surface area contributed by atoms with Crippen LogP contribution < -0.4 is 17.0 Å². The molecule has 0 aromatic rings. The van der Waals surface area contributed by atoms with E-state index in [4.69, 9.17) is 0 Å². The smallest absolute Gasteiger partial charge is 0.0927 e. The van der Waals surface area contributed by atoms with Gasteiger partial charge in [-0.25, -0.2) is 0 Å². The van der Waals surface area contributed by atoms with Crippen LogP contribution in [-0.2, 0) is 0 Å². The molecule has 0 amide bonds. The normalized spacial score (nSPS) is 14.5. The fourth-order valence-corrected chi connectivity index (χ4v) is 1.81. The van der Waals surface area contributed by atoms with Crippen LogP contribution in [0.4, 0.5) is 0 Å². The lowest BCUT2D eigenvalue weighted by Gasteiger charge is -2.27. The highest BCUT2D eigenvalue weighted by Crippen LogP contribution is 2.21. The van der Waals surface area contributed by atoms with Crippen molar-refractivity contribution in [1.82, 2.24) is 0 Å². The summed E-state index contributed by atoms with van der Waals surface area (Å²) in [6, 6.07) is 0. The SMILES string of the molecule is C[N+](C)(C)CC(Br)C(Br)Br.[Br-]. The minimum atomic E-state index is 0. The zero-order chi connectivity index (χ0) is 8.36. The first-order valence-corrected chi connectivity index (χ1v) is 5.80. The second kappa shape index (κ2) is 6.35. The van der Waals surface area contributed by atoms with E-state index >= 15 is 0 Å². The van der Waals surface area contributed by atoms with E-state index in [0.717, 1.165) is 11.0 Å². The van der Waals surface area contributed by atoms with Gasteiger partial charge in [-0.15, -0.1) is 0 Å². The van der Waals surface area contributed by atoms with Crippen molar-refractivity contribution in [2.45, 2.75) is 8.56 Å². The first-order chi connectivity index (χ1) is 4.33. The van der Waals surface area contributed by atoms with Gasteiger partial charge in [-0.3, -0.25) is 0 Å². The van der Waals surface area contributed by atoms with Crippen LogP contribution in [0.1, 0.15) is 0 Å². The Morgan fingerprint density at radius 3 is 1.55 bits per heavy atom. The number of quaternary nitrogens is 1. The van der Waals surface area contributed by atoms with Crippen LogP contribution in [0.5, 0.6) is 0 Å². The van der Waals surface area contributed by atoms with E-state index < -0.39 is 0 Å². The molecule has 0 aliphatic carbocycles. The van der Waals surface area contributed by atoms with E-state index in [0.29, 0.717) is 8.56 Å². The highest BCUT2D eigenvalue weighted by Gasteiger charge is 2.19. The first kappa shape index (κ1) is 15.4. The topological polar surface area (TPSA) is 0 Å². The molecule has 1 atom stereocenters. The van der Waals surface area contributed by atoms with Gasteiger partial charge >= 0.3 is 0 Å². The van der Waals surface area contributed by atoms with Gasteiger partial charge in [0.2, 0.25) is 0 Å². The maximum Gasteiger partial charge on any atom is 0.0927 e. The van der Waals surface area contributed by atoms with Crippen molar-refractivity contribution in [1.29, 1.82) is 0 Å². The van der Waals surface area contributed by atoms with Crippen LogP contribution in [-0.4, -0.2) is 40.7 Å². The van der Waals surface area contributed by atoms with E-state index in [9.17, 15) is 0 Å². The molecule has 0 saturated carbocycles. The third-order valence-corrected chi connectivity index (χ3v) is 4.51. The van der Waals surface area contributed by atoms with Crippen molar-refractivity contribution < 1.29 is 21.5 Å². The zero-order valence-electron chi connectivity index (χ0n) is 6.82. The molecule has 0 bridgehead atoms. The van der Waals surface area contributed by atoms with Crippen molar-refractivity contribution in [2.24, 2.45) is 0 Å². The molecular formula is C6H13Br4N. The molecule has 0 aliphatic heterocycles. The summed E-state index contributed by atoms with van der Waals surface area (Å²) in [4.78, 5) is 0.479. The minimum Gasteiger partial charge on any atom is -1.00 e. The summed E-state index contributed by atoms with van der Waals surface area (Å²) in [7, 11) is 6.53. The first-order valence-electron chi connectivity index (χ1n) is 3.05. The molecule has 1 unspecified atom stereocenters. The summed E-state index contributed by atoms with van der Waals surface area (Å²) in [6.45, 7) is 1.10. The van der Waals surface area contributed by atoms with E-state index in [2.05, 4.69) is 68.9 Å². The van der Waals surface area contributed by atoms with Crippen LogP contribution in [0.2, 0.25) is 0 Å². The average Bonchev–Trinajstić information content (AvgIpc) is 1.60. The third kappa shape index (κ3) is 9.80. The number of alkyl halides is 3. The van der Waals surface area contributed by atoms with Gasteiger partial charge in [0, 0.05) is 0 Å². The predicted octanol–water partition coefficient (Wildman–Crippen LogP) is -0.424. The van der Waals surface area contributed by atoms with Crippen molar-refractivity contribution >= 4 is 47.8 Å². The number of nitrogens with zero attached hydrogens (tertiary/aromatic N) is 1. The van der Waals surface area contributed by atoms with Gasteiger partial charge < -0.3 is 21.5 Å². The Bertz CT molecular complexity index is 99.2. The summed E-state index contributed by atoms with van der Waals surface area (Å²) in [6.07, 6.45) is 0. The second-order valence-corrected chi connectivity index (χ2v) is 7.70. The number of rotatable bonds is 3. The quantitative estimate of drug-likeness (QED) is 0.431. The van der Waals surface area contributed by atoms with Gasteiger partial charge in [-0.05, 0) is 0 Å². The molecule has 0 aromatic heterocycles. The van der Waals surface area contributed by atoms with Gasteiger partial charge in [0.15, 0.2) is 0 Å². The molecular weight excluding hydrogens is 406 g/mol. The van der Waals surface area contributed by atoms with E-state index in [1.54, 1.807) is 0 Å². The highest BCUT2D eigenvalue weighted by atomic mass is 79.9. The van der Waals surface area contributed by atoms with Gasteiger partial charge in [-0.1, -0.05) is 47.8 Å². The molecule has 0 heterocycles. The fraction of sp³-hybridized carbons (Fsp3) is 1.00.